The molecular formula is C34H50N2O5. The molecule has 0 aliphatic heterocycles. The van der Waals surface area contributed by atoms with Crippen molar-refractivity contribution in [2.24, 2.45) is 5.10 Å². The predicted molar refractivity (Wildman–Crippen MR) is 166 cm³/mol. The zero-order chi connectivity index (χ0) is 29.5. The Kier molecular flexibility index (Phi) is 17.7. The molecule has 0 aliphatic carbocycles. The van der Waals surface area contributed by atoms with Gasteiger partial charge in [-0.25, -0.2) is 10.2 Å². The first kappa shape index (κ1) is 33.9. The van der Waals surface area contributed by atoms with E-state index in [0.29, 0.717) is 42.4 Å². The van der Waals surface area contributed by atoms with E-state index in [-0.39, 0.29) is 5.91 Å². The van der Waals surface area contributed by atoms with Crippen molar-refractivity contribution >= 4 is 18.1 Å². The van der Waals surface area contributed by atoms with E-state index >= 15 is 0 Å². The molecule has 1 amide bonds. The fraction of sp³-hybridized carbons (Fsp3) is 0.559. The van der Waals surface area contributed by atoms with Crippen LogP contribution in [0.3, 0.4) is 0 Å². The minimum atomic E-state index is -0.490. The van der Waals surface area contributed by atoms with E-state index in [9.17, 15) is 9.59 Å². The van der Waals surface area contributed by atoms with Crippen molar-refractivity contribution in [1.82, 2.24) is 5.43 Å². The van der Waals surface area contributed by atoms with E-state index in [1.807, 2.05) is 13.8 Å². The molecule has 7 nitrogen and oxygen atoms in total. The number of ether oxygens (including phenoxy) is 3. The third-order valence-electron chi connectivity index (χ3n) is 6.78. The third kappa shape index (κ3) is 14.7. The first-order chi connectivity index (χ1) is 20.1. The van der Waals surface area contributed by atoms with Gasteiger partial charge in [-0.2, -0.15) is 5.10 Å². The number of hydrogen-bond acceptors (Lipinski definition) is 6. The highest BCUT2D eigenvalue weighted by Crippen LogP contribution is 2.29. The number of rotatable bonds is 22. The Morgan fingerprint density at radius 2 is 1.29 bits per heavy atom. The lowest BCUT2D eigenvalue weighted by atomic mass is 10.0. The number of carbonyl (C=O) groups excluding carboxylic acids is 2. The van der Waals surface area contributed by atoms with Gasteiger partial charge in [-0.3, -0.25) is 4.79 Å². The minimum absolute atomic E-state index is 0.0877. The Hall–Kier alpha value is -3.35. The number of amides is 1. The molecule has 1 N–H and O–H groups in total. The highest BCUT2D eigenvalue weighted by atomic mass is 16.6. The molecule has 0 aliphatic rings. The molecule has 0 saturated heterocycles. The quantitative estimate of drug-likeness (QED) is 0.0507. The van der Waals surface area contributed by atoms with Crippen molar-refractivity contribution in [1.29, 1.82) is 0 Å². The maximum Gasteiger partial charge on any atom is 0.343 e. The Balaban J connectivity index is 1.67. The lowest BCUT2D eigenvalue weighted by Crippen LogP contribution is -2.16. The molecule has 0 heterocycles. The number of nitrogens with one attached hydrogen (secondary N) is 1. The van der Waals surface area contributed by atoms with Crippen LogP contribution in [0, 0.1) is 0 Å². The molecule has 0 bridgehead atoms. The number of hydrazone groups is 1. The SMILES string of the molecule is CCCCCCCCCCCCCCCC(=O)N/N=C\c1ccc(OC(=O)c2ccc(OCC)cc2)c(OCC)c1. The second-order valence-corrected chi connectivity index (χ2v) is 10.3. The molecule has 2 aromatic rings. The van der Waals surface area contributed by atoms with E-state index in [0.717, 1.165) is 18.4 Å². The van der Waals surface area contributed by atoms with Gasteiger partial charge in [0.05, 0.1) is 25.0 Å². The molecule has 7 heteroatoms. The van der Waals surface area contributed by atoms with E-state index in [1.165, 1.54) is 70.6 Å². The van der Waals surface area contributed by atoms with Crippen molar-refractivity contribution in [2.45, 2.75) is 111 Å². The topological polar surface area (TPSA) is 86.2 Å². The summed E-state index contributed by atoms with van der Waals surface area (Å²) >= 11 is 0. The average Bonchev–Trinajstić information content (AvgIpc) is 2.97. The highest BCUT2D eigenvalue weighted by molar-refractivity contribution is 5.91. The Bertz CT molecular complexity index is 1040. The van der Waals surface area contributed by atoms with Crippen LogP contribution in [-0.4, -0.2) is 31.3 Å². The van der Waals surface area contributed by atoms with Crippen LogP contribution in [0.25, 0.3) is 0 Å². The second-order valence-electron chi connectivity index (χ2n) is 10.3. The van der Waals surface area contributed by atoms with E-state index < -0.39 is 5.97 Å². The molecule has 0 spiro atoms. The van der Waals surface area contributed by atoms with Crippen LogP contribution in [0.5, 0.6) is 17.2 Å². The Morgan fingerprint density at radius 1 is 0.707 bits per heavy atom. The largest absolute Gasteiger partial charge is 0.494 e. The molecule has 0 aromatic heterocycles. The maximum atomic E-state index is 12.6. The van der Waals surface area contributed by atoms with Crippen LogP contribution in [0.2, 0.25) is 0 Å². The van der Waals surface area contributed by atoms with E-state index in [4.69, 9.17) is 14.2 Å². The summed E-state index contributed by atoms with van der Waals surface area (Å²) in [6.07, 6.45) is 18.6. The zero-order valence-electron chi connectivity index (χ0n) is 25.4. The third-order valence-corrected chi connectivity index (χ3v) is 6.78. The number of benzene rings is 2. The van der Waals surface area contributed by atoms with Crippen LogP contribution in [0.4, 0.5) is 0 Å². The monoisotopic (exact) mass is 566 g/mol. The Morgan fingerprint density at radius 3 is 1.88 bits per heavy atom. The van der Waals surface area contributed by atoms with Crippen molar-refractivity contribution in [2.75, 3.05) is 13.2 Å². The molecule has 0 fully saturated rings. The van der Waals surface area contributed by atoms with Crippen LogP contribution >= 0.6 is 0 Å². The molecular weight excluding hydrogens is 516 g/mol. The second kappa shape index (κ2) is 21.4. The number of carbonyl (C=O) groups is 2. The summed E-state index contributed by atoms with van der Waals surface area (Å²) in [4.78, 5) is 24.8. The predicted octanol–water partition coefficient (Wildman–Crippen LogP) is 8.63. The molecule has 2 aromatic carbocycles. The summed E-state index contributed by atoms with van der Waals surface area (Å²) in [6, 6.07) is 11.9. The minimum Gasteiger partial charge on any atom is -0.494 e. The molecule has 0 radical (unpaired) electrons. The summed E-state index contributed by atoms with van der Waals surface area (Å²) in [5.74, 6) is 0.855. The molecule has 226 valence electrons. The van der Waals surface area contributed by atoms with Gasteiger partial charge in [-0.05, 0) is 68.3 Å². The van der Waals surface area contributed by atoms with Crippen LogP contribution in [0.1, 0.15) is 127 Å². The summed E-state index contributed by atoms with van der Waals surface area (Å²) in [7, 11) is 0. The fourth-order valence-corrected chi connectivity index (χ4v) is 4.51. The number of unbranched alkanes of at least 4 members (excludes halogenated alkanes) is 12. The number of nitrogens with zero attached hydrogens (tertiary/aromatic N) is 1. The standard InChI is InChI=1S/C34H50N2O5/c1-4-7-8-9-10-11-12-13-14-15-16-17-18-19-33(37)36-35-27-28-20-25-31(32(26-28)40-6-3)41-34(38)29-21-23-30(24-22-29)39-5-2/h20-27H,4-19H2,1-3H3,(H,36,37)/b35-27-. The molecule has 41 heavy (non-hydrogen) atoms. The number of esters is 1. The van der Waals surface area contributed by atoms with Gasteiger partial charge in [0.15, 0.2) is 11.5 Å². The fourth-order valence-electron chi connectivity index (χ4n) is 4.51. The van der Waals surface area contributed by atoms with E-state index in [2.05, 4.69) is 17.5 Å². The highest BCUT2D eigenvalue weighted by Gasteiger charge is 2.13. The van der Waals surface area contributed by atoms with Crippen molar-refractivity contribution in [3.63, 3.8) is 0 Å². The first-order valence-corrected chi connectivity index (χ1v) is 15.6. The summed E-state index contributed by atoms with van der Waals surface area (Å²) in [6.45, 7) is 6.98. The first-order valence-electron chi connectivity index (χ1n) is 15.6. The number of hydrogen-bond donors (Lipinski definition) is 1. The summed E-state index contributed by atoms with van der Waals surface area (Å²) in [5, 5.41) is 4.08. The Labute approximate surface area is 247 Å². The molecule has 0 atom stereocenters. The lowest BCUT2D eigenvalue weighted by Gasteiger charge is -2.11. The van der Waals surface area contributed by atoms with Gasteiger partial charge in [0.1, 0.15) is 5.75 Å². The van der Waals surface area contributed by atoms with Crippen molar-refractivity contribution in [3.05, 3.63) is 53.6 Å². The normalized spacial score (nSPS) is 11.0. The lowest BCUT2D eigenvalue weighted by molar-refractivity contribution is -0.121. The zero-order valence-corrected chi connectivity index (χ0v) is 25.4. The van der Waals surface area contributed by atoms with Gasteiger partial charge in [0.2, 0.25) is 5.91 Å². The van der Waals surface area contributed by atoms with Gasteiger partial charge in [0, 0.05) is 6.42 Å². The van der Waals surface area contributed by atoms with E-state index in [1.54, 1.807) is 48.7 Å². The summed E-state index contributed by atoms with van der Waals surface area (Å²) in [5.41, 5.74) is 3.73. The van der Waals surface area contributed by atoms with Gasteiger partial charge in [-0.15, -0.1) is 0 Å². The van der Waals surface area contributed by atoms with Gasteiger partial charge in [-0.1, -0.05) is 84.0 Å². The maximum absolute atomic E-state index is 12.6. The van der Waals surface area contributed by atoms with Gasteiger partial charge >= 0.3 is 5.97 Å². The van der Waals surface area contributed by atoms with Gasteiger partial charge in [0.25, 0.3) is 0 Å². The van der Waals surface area contributed by atoms with Crippen LogP contribution in [-0.2, 0) is 4.79 Å². The van der Waals surface area contributed by atoms with Gasteiger partial charge < -0.3 is 14.2 Å². The molecule has 0 unspecified atom stereocenters. The molecule has 2 rings (SSSR count). The van der Waals surface area contributed by atoms with Crippen molar-refractivity contribution < 1.29 is 23.8 Å². The van der Waals surface area contributed by atoms with Crippen molar-refractivity contribution in [3.8, 4) is 17.2 Å². The molecule has 0 saturated carbocycles. The van der Waals surface area contributed by atoms with Crippen LogP contribution < -0.4 is 19.6 Å². The smallest absolute Gasteiger partial charge is 0.343 e. The summed E-state index contributed by atoms with van der Waals surface area (Å²) < 4.78 is 16.7. The average molecular weight is 567 g/mol. The van der Waals surface area contributed by atoms with Crippen LogP contribution in [0.15, 0.2) is 47.6 Å².